The molecule has 2 nitrogen and oxygen atoms in total. The van der Waals surface area contributed by atoms with E-state index in [9.17, 15) is 13.2 Å². The zero-order valence-corrected chi connectivity index (χ0v) is 10.3. The fraction of sp³-hybridized carbons (Fsp3) is 0.429. The van der Waals surface area contributed by atoms with Gasteiger partial charge in [0.2, 0.25) is 0 Å². The first-order valence-electron chi connectivity index (χ1n) is 5.85. The lowest BCUT2D eigenvalue weighted by atomic mass is 10.1. The Bertz CT molecular complexity index is 444. The largest absolute Gasteiger partial charge is 0.395 e. The van der Waals surface area contributed by atoms with Crippen molar-refractivity contribution in [3.8, 4) is 11.8 Å². The van der Waals surface area contributed by atoms with Gasteiger partial charge in [0.25, 0.3) is 0 Å². The van der Waals surface area contributed by atoms with Crippen LogP contribution in [0.3, 0.4) is 0 Å². The van der Waals surface area contributed by atoms with Gasteiger partial charge in [0.1, 0.15) is 0 Å². The van der Waals surface area contributed by atoms with Crippen LogP contribution in [0.4, 0.5) is 13.2 Å². The summed E-state index contributed by atoms with van der Waals surface area (Å²) in [5, 5.41) is 8.63. The highest BCUT2D eigenvalue weighted by atomic mass is 19.4. The monoisotopic (exact) mass is 272 g/mol. The predicted octanol–water partition coefficient (Wildman–Crippen LogP) is 2.89. The molecule has 0 saturated heterocycles. The lowest BCUT2D eigenvalue weighted by Gasteiger charge is -2.08. The number of halogens is 3. The van der Waals surface area contributed by atoms with Crippen LogP contribution >= 0.6 is 0 Å². The number of aliphatic hydroxyl groups is 1. The first-order chi connectivity index (χ1) is 9.03. The van der Waals surface area contributed by atoms with Gasteiger partial charge in [-0.2, -0.15) is 13.2 Å². The highest BCUT2D eigenvalue weighted by Crippen LogP contribution is 2.19. The zero-order chi connectivity index (χ0) is 14.1. The van der Waals surface area contributed by atoms with Gasteiger partial charge in [-0.25, -0.2) is 0 Å². The summed E-state index contributed by atoms with van der Waals surface area (Å²) in [4.78, 5) is 0. The van der Waals surface area contributed by atoms with E-state index < -0.39 is 12.6 Å². The number of hydrogen-bond donors (Lipinski definition) is 1. The van der Waals surface area contributed by atoms with Crippen molar-refractivity contribution in [3.63, 3.8) is 0 Å². The van der Waals surface area contributed by atoms with E-state index in [1.54, 1.807) is 24.3 Å². The third-order valence-corrected chi connectivity index (χ3v) is 2.26. The van der Waals surface area contributed by atoms with Gasteiger partial charge in [0.15, 0.2) is 0 Å². The predicted molar refractivity (Wildman–Crippen MR) is 65.4 cm³/mol. The van der Waals surface area contributed by atoms with E-state index in [1.807, 2.05) is 0 Å². The Labute approximate surface area is 110 Å². The summed E-state index contributed by atoms with van der Waals surface area (Å²) in [6, 6.07) is 7.10. The van der Waals surface area contributed by atoms with Crippen molar-refractivity contribution < 1.29 is 23.0 Å². The molecule has 1 rings (SSSR count). The van der Waals surface area contributed by atoms with Crippen LogP contribution in [-0.2, 0) is 11.3 Å². The van der Waals surface area contributed by atoms with E-state index in [0.717, 1.165) is 5.56 Å². The van der Waals surface area contributed by atoms with E-state index in [1.165, 1.54) is 0 Å². The third-order valence-electron chi connectivity index (χ3n) is 2.26. The van der Waals surface area contributed by atoms with E-state index >= 15 is 0 Å². The normalized spacial score (nSPS) is 10.9. The highest BCUT2D eigenvalue weighted by Gasteiger charge is 2.26. The summed E-state index contributed by atoms with van der Waals surface area (Å²) in [5.74, 6) is 5.63. The molecule has 0 aliphatic carbocycles. The van der Waals surface area contributed by atoms with E-state index in [0.29, 0.717) is 12.0 Å². The second kappa shape index (κ2) is 7.82. The van der Waals surface area contributed by atoms with Crippen LogP contribution < -0.4 is 0 Å². The van der Waals surface area contributed by atoms with Crippen molar-refractivity contribution in [2.45, 2.75) is 25.6 Å². The Balaban J connectivity index is 2.52. The number of hydrogen-bond acceptors (Lipinski definition) is 2. The van der Waals surface area contributed by atoms with Crippen LogP contribution in [0.1, 0.15) is 24.0 Å². The molecule has 1 aromatic carbocycles. The number of aliphatic hydroxyl groups excluding tert-OH is 1. The first-order valence-corrected chi connectivity index (χ1v) is 5.85. The van der Waals surface area contributed by atoms with Gasteiger partial charge in [-0.05, 0) is 11.6 Å². The average molecular weight is 272 g/mol. The molecule has 0 saturated carbocycles. The number of alkyl halides is 3. The molecule has 0 fully saturated rings. The minimum atomic E-state index is -4.19. The summed E-state index contributed by atoms with van der Waals surface area (Å²) < 4.78 is 40.8. The van der Waals surface area contributed by atoms with Gasteiger partial charge in [-0.1, -0.05) is 30.0 Å². The molecule has 0 aliphatic rings. The summed E-state index contributed by atoms with van der Waals surface area (Å²) in [5.41, 5.74) is 1.46. The van der Waals surface area contributed by atoms with Gasteiger partial charge in [0, 0.05) is 12.0 Å². The Kier molecular flexibility index (Phi) is 6.40. The van der Waals surface area contributed by atoms with Crippen LogP contribution in [0.2, 0.25) is 0 Å². The maximum atomic E-state index is 11.9. The molecular weight excluding hydrogens is 257 g/mol. The molecule has 5 heteroatoms. The van der Waals surface area contributed by atoms with Crippen LogP contribution in [0, 0.1) is 11.8 Å². The molecule has 0 aromatic heterocycles. The minimum Gasteiger partial charge on any atom is -0.395 e. The van der Waals surface area contributed by atoms with E-state index in [4.69, 9.17) is 9.84 Å². The number of rotatable bonds is 5. The molecule has 1 aromatic rings. The Hall–Kier alpha value is -1.51. The van der Waals surface area contributed by atoms with Crippen LogP contribution in [0.25, 0.3) is 0 Å². The van der Waals surface area contributed by atoms with Gasteiger partial charge in [-0.15, -0.1) is 0 Å². The fourth-order valence-corrected chi connectivity index (χ4v) is 1.35. The lowest BCUT2D eigenvalue weighted by Crippen LogP contribution is -2.11. The zero-order valence-electron chi connectivity index (χ0n) is 10.3. The van der Waals surface area contributed by atoms with Gasteiger partial charge in [0.05, 0.1) is 26.2 Å². The van der Waals surface area contributed by atoms with Gasteiger partial charge >= 0.3 is 6.18 Å². The van der Waals surface area contributed by atoms with Crippen LogP contribution in [-0.4, -0.2) is 24.5 Å². The lowest BCUT2D eigenvalue weighted by molar-refractivity contribution is -0.146. The Morgan fingerprint density at radius 1 is 1.21 bits per heavy atom. The molecule has 104 valence electrons. The molecule has 0 radical (unpaired) electrons. The molecule has 0 atom stereocenters. The van der Waals surface area contributed by atoms with Gasteiger partial charge < -0.3 is 9.84 Å². The van der Waals surface area contributed by atoms with Crippen molar-refractivity contribution in [2.75, 3.05) is 13.2 Å². The number of ether oxygens (including phenoxy) is 1. The second-order valence-electron chi connectivity index (χ2n) is 3.85. The highest BCUT2D eigenvalue weighted by molar-refractivity contribution is 5.40. The summed E-state index contributed by atoms with van der Waals surface area (Å²) in [7, 11) is 0. The van der Waals surface area contributed by atoms with Crippen molar-refractivity contribution in [1.82, 2.24) is 0 Å². The molecule has 0 heterocycles. The maximum absolute atomic E-state index is 11.9. The molecule has 0 bridgehead atoms. The molecule has 0 unspecified atom stereocenters. The fourth-order valence-electron chi connectivity index (χ4n) is 1.35. The van der Waals surface area contributed by atoms with Crippen molar-refractivity contribution in [1.29, 1.82) is 0 Å². The summed E-state index contributed by atoms with van der Waals surface area (Å²) >= 11 is 0. The molecule has 0 amide bonds. The molecule has 0 spiro atoms. The topological polar surface area (TPSA) is 29.5 Å². The molecular formula is C14H15F3O2. The van der Waals surface area contributed by atoms with Crippen LogP contribution in [0.15, 0.2) is 24.3 Å². The van der Waals surface area contributed by atoms with E-state index in [-0.39, 0.29) is 19.8 Å². The molecule has 1 N–H and O–H groups in total. The van der Waals surface area contributed by atoms with Crippen molar-refractivity contribution in [3.05, 3.63) is 35.4 Å². The Morgan fingerprint density at radius 2 is 1.95 bits per heavy atom. The van der Waals surface area contributed by atoms with Crippen molar-refractivity contribution in [2.24, 2.45) is 0 Å². The smallest absolute Gasteiger partial charge is 0.391 e. The average Bonchev–Trinajstić information content (AvgIpc) is 2.35. The van der Waals surface area contributed by atoms with E-state index in [2.05, 4.69) is 11.8 Å². The quantitative estimate of drug-likeness (QED) is 0.659. The molecule has 19 heavy (non-hydrogen) atoms. The van der Waals surface area contributed by atoms with Crippen molar-refractivity contribution >= 4 is 0 Å². The standard InChI is InChI=1S/C14H15F3O2/c15-14(16,17)8-10-19-11-13-7-2-1-5-12(13)6-3-4-9-18/h1-2,5,7,18H,4,8-11H2. The minimum absolute atomic E-state index is 0.0166. The first kappa shape index (κ1) is 15.5. The molecule has 0 aliphatic heterocycles. The van der Waals surface area contributed by atoms with Crippen LogP contribution in [0.5, 0.6) is 0 Å². The van der Waals surface area contributed by atoms with Gasteiger partial charge in [-0.3, -0.25) is 0 Å². The number of benzene rings is 1. The summed E-state index contributed by atoms with van der Waals surface area (Å²) in [6.07, 6.45) is -4.78. The SMILES string of the molecule is OCCC#Cc1ccccc1COCCC(F)(F)F. The maximum Gasteiger partial charge on any atom is 0.391 e. The summed E-state index contributed by atoms with van der Waals surface area (Å²) in [6.45, 7) is -0.279. The Morgan fingerprint density at radius 3 is 2.63 bits per heavy atom. The second-order valence-corrected chi connectivity index (χ2v) is 3.85. The third kappa shape index (κ3) is 6.85.